The Morgan fingerprint density at radius 3 is 1.54 bits per heavy atom. The molecule has 3 aromatic carbocycles. The Labute approximate surface area is 143 Å². The molecule has 1 unspecified atom stereocenters. The van der Waals surface area contributed by atoms with Gasteiger partial charge in [0.25, 0.3) is 0 Å². The Morgan fingerprint density at radius 1 is 0.708 bits per heavy atom. The average Bonchev–Trinajstić information content (AvgIpc) is 2.62. The van der Waals surface area contributed by atoms with Gasteiger partial charge in [-0.3, -0.25) is 0 Å². The number of aryl methyl sites for hydroxylation is 2. The quantitative estimate of drug-likeness (QED) is 0.721. The van der Waals surface area contributed by atoms with E-state index in [1.807, 2.05) is 92.7 Å². The summed E-state index contributed by atoms with van der Waals surface area (Å²) in [5, 5.41) is 12.6. The zero-order valence-electron chi connectivity index (χ0n) is 13.9. The largest absolute Gasteiger partial charge is 0.380 e. The number of rotatable bonds is 4. The molecule has 122 valence electrons. The van der Waals surface area contributed by atoms with E-state index in [0.717, 1.165) is 16.7 Å². The minimum absolute atomic E-state index is 0.673. The second-order valence-corrected chi connectivity index (χ2v) is 8.85. The van der Waals surface area contributed by atoms with Crippen LogP contribution in [0.15, 0.2) is 78.9 Å². The lowest BCUT2D eigenvalue weighted by Crippen LogP contribution is -2.22. The first-order valence-corrected chi connectivity index (χ1v) is 9.78. The first-order chi connectivity index (χ1) is 11.5. The van der Waals surface area contributed by atoms with Crippen molar-refractivity contribution < 1.29 is 9.67 Å². The van der Waals surface area contributed by atoms with Gasteiger partial charge in [-0.1, -0.05) is 78.9 Å². The van der Waals surface area contributed by atoms with Gasteiger partial charge in [-0.15, -0.1) is 0 Å². The Balaban J connectivity index is 2.25. The molecule has 0 heterocycles. The summed E-state index contributed by atoms with van der Waals surface area (Å²) < 4.78 is 14.2. The van der Waals surface area contributed by atoms with Gasteiger partial charge in [-0.2, -0.15) is 0 Å². The number of aliphatic hydroxyl groups excluding tert-OH is 1. The Morgan fingerprint density at radius 2 is 1.12 bits per heavy atom. The average molecular weight is 336 g/mol. The molecule has 1 N–H and O–H groups in total. The number of benzene rings is 3. The molecule has 0 saturated carbocycles. The van der Waals surface area contributed by atoms with Crippen LogP contribution >= 0.6 is 7.14 Å². The van der Waals surface area contributed by atoms with E-state index in [4.69, 9.17) is 0 Å². The molecule has 0 fully saturated rings. The van der Waals surface area contributed by atoms with E-state index in [9.17, 15) is 9.67 Å². The fraction of sp³-hybridized carbons (Fsp3) is 0.143. The van der Waals surface area contributed by atoms with E-state index in [0.29, 0.717) is 10.6 Å². The molecule has 0 amide bonds. The highest BCUT2D eigenvalue weighted by atomic mass is 31.2. The molecule has 0 aliphatic heterocycles. The molecular weight excluding hydrogens is 315 g/mol. The summed E-state index contributed by atoms with van der Waals surface area (Å²) in [6, 6.07) is 24.4. The van der Waals surface area contributed by atoms with Crippen molar-refractivity contribution in [2.45, 2.75) is 19.7 Å². The molecule has 3 heteroatoms. The summed E-state index contributed by atoms with van der Waals surface area (Å²) in [5.74, 6) is -1.07. The molecule has 3 rings (SSSR count). The van der Waals surface area contributed by atoms with Crippen molar-refractivity contribution >= 4 is 17.8 Å². The van der Waals surface area contributed by atoms with Crippen LogP contribution in [-0.2, 0) is 4.57 Å². The molecule has 2 nitrogen and oxygen atoms in total. The van der Waals surface area contributed by atoms with Crippen molar-refractivity contribution in [3.63, 3.8) is 0 Å². The van der Waals surface area contributed by atoms with Gasteiger partial charge in [0.2, 0.25) is 0 Å². The van der Waals surface area contributed by atoms with Gasteiger partial charge in [0.15, 0.2) is 7.14 Å². The number of hydrogen-bond acceptors (Lipinski definition) is 2. The van der Waals surface area contributed by atoms with Crippen LogP contribution in [0.3, 0.4) is 0 Å². The van der Waals surface area contributed by atoms with Gasteiger partial charge in [-0.25, -0.2) is 0 Å². The zero-order valence-corrected chi connectivity index (χ0v) is 14.8. The van der Waals surface area contributed by atoms with Gasteiger partial charge in [0.05, 0.1) is 0 Å². The zero-order chi connectivity index (χ0) is 17.2. The molecule has 0 aromatic heterocycles. The second-order valence-electron chi connectivity index (χ2n) is 6.01. The first-order valence-electron chi connectivity index (χ1n) is 8.00. The van der Waals surface area contributed by atoms with E-state index in [2.05, 4.69) is 0 Å². The lowest BCUT2D eigenvalue weighted by Gasteiger charge is -2.27. The van der Waals surface area contributed by atoms with Crippen LogP contribution < -0.4 is 10.6 Å². The predicted octanol–water partition coefficient (Wildman–Crippen LogP) is 4.31. The Hall–Kier alpha value is -2.15. The topological polar surface area (TPSA) is 37.3 Å². The van der Waals surface area contributed by atoms with Gasteiger partial charge in [-0.05, 0) is 30.5 Å². The highest BCUT2D eigenvalue weighted by Crippen LogP contribution is 2.56. The van der Waals surface area contributed by atoms with Crippen molar-refractivity contribution in [3.05, 3.63) is 95.6 Å². The summed E-state index contributed by atoms with van der Waals surface area (Å²) in [6.45, 7) is 3.90. The fourth-order valence-electron chi connectivity index (χ4n) is 3.15. The van der Waals surface area contributed by atoms with Crippen LogP contribution in [0.2, 0.25) is 0 Å². The smallest absolute Gasteiger partial charge is 0.174 e. The summed E-state index contributed by atoms with van der Waals surface area (Å²) >= 11 is 0. The Kier molecular flexibility index (Phi) is 4.71. The van der Waals surface area contributed by atoms with Gasteiger partial charge < -0.3 is 9.67 Å². The van der Waals surface area contributed by atoms with Crippen LogP contribution in [0, 0.1) is 13.8 Å². The van der Waals surface area contributed by atoms with Crippen LogP contribution in [0.4, 0.5) is 0 Å². The highest BCUT2D eigenvalue weighted by molar-refractivity contribution is 7.78. The molecule has 0 spiro atoms. The minimum Gasteiger partial charge on any atom is -0.380 e. The lowest BCUT2D eigenvalue weighted by atomic mass is 10.0. The maximum Gasteiger partial charge on any atom is 0.174 e. The number of hydrogen-bond donors (Lipinski definition) is 1. The number of aliphatic hydroxyl groups is 1. The third-order valence-electron chi connectivity index (χ3n) is 4.42. The summed E-state index contributed by atoms with van der Waals surface area (Å²) in [4.78, 5) is 0. The van der Waals surface area contributed by atoms with Gasteiger partial charge in [0, 0.05) is 10.6 Å². The van der Waals surface area contributed by atoms with Crippen molar-refractivity contribution in [2.24, 2.45) is 0 Å². The standard InChI is InChI=1S/C21H21O2P/c1-16-10-9-11-17(2)20(16)21(22)24(23,18-12-5-3-6-13-18)19-14-7-4-8-15-19/h3-15,21-22H,1-2H3. The maximum atomic E-state index is 14.2. The van der Waals surface area contributed by atoms with Crippen molar-refractivity contribution in [1.82, 2.24) is 0 Å². The molecule has 1 atom stereocenters. The minimum atomic E-state index is -3.24. The summed E-state index contributed by atoms with van der Waals surface area (Å²) in [5.41, 5.74) is 2.66. The normalized spacial score (nSPS) is 12.8. The predicted molar refractivity (Wildman–Crippen MR) is 101 cm³/mol. The van der Waals surface area contributed by atoms with E-state index in [-0.39, 0.29) is 0 Å². The van der Waals surface area contributed by atoms with Gasteiger partial charge >= 0.3 is 0 Å². The SMILES string of the molecule is Cc1cccc(C)c1C(O)P(=O)(c1ccccc1)c1ccccc1. The van der Waals surface area contributed by atoms with E-state index >= 15 is 0 Å². The lowest BCUT2D eigenvalue weighted by molar-refractivity contribution is 0.255. The van der Waals surface area contributed by atoms with E-state index in [1.54, 1.807) is 0 Å². The fourth-order valence-corrected chi connectivity index (χ4v) is 6.01. The van der Waals surface area contributed by atoms with Crippen molar-refractivity contribution in [1.29, 1.82) is 0 Å². The van der Waals surface area contributed by atoms with Crippen LogP contribution in [0.25, 0.3) is 0 Å². The molecular formula is C21H21O2P. The molecule has 0 radical (unpaired) electrons. The first kappa shape index (κ1) is 16.7. The maximum absolute atomic E-state index is 14.2. The second kappa shape index (κ2) is 6.76. The molecule has 0 saturated heterocycles. The van der Waals surface area contributed by atoms with Crippen LogP contribution in [0.1, 0.15) is 22.5 Å². The van der Waals surface area contributed by atoms with Crippen LogP contribution in [0.5, 0.6) is 0 Å². The van der Waals surface area contributed by atoms with E-state index < -0.39 is 13.0 Å². The van der Waals surface area contributed by atoms with E-state index in [1.165, 1.54) is 0 Å². The molecule has 0 aliphatic carbocycles. The third-order valence-corrected chi connectivity index (χ3v) is 7.50. The molecule has 0 aliphatic rings. The monoisotopic (exact) mass is 336 g/mol. The Bertz CT molecular complexity index is 809. The summed E-state index contributed by atoms with van der Waals surface area (Å²) in [7, 11) is -3.24. The van der Waals surface area contributed by atoms with Crippen LogP contribution in [-0.4, -0.2) is 5.11 Å². The molecule has 24 heavy (non-hydrogen) atoms. The highest BCUT2D eigenvalue weighted by Gasteiger charge is 2.37. The third kappa shape index (κ3) is 2.84. The van der Waals surface area contributed by atoms with Crippen molar-refractivity contribution in [3.8, 4) is 0 Å². The van der Waals surface area contributed by atoms with Crippen molar-refractivity contribution in [2.75, 3.05) is 0 Å². The summed E-state index contributed by atoms with van der Waals surface area (Å²) in [6.07, 6.45) is 0. The van der Waals surface area contributed by atoms with Gasteiger partial charge in [0.1, 0.15) is 5.85 Å². The molecule has 3 aromatic rings. The molecule has 0 bridgehead atoms.